The summed E-state index contributed by atoms with van der Waals surface area (Å²) in [7, 11) is 0. The van der Waals surface area contributed by atoms with Gasteiger partial charge < -0.3 is 14.6 Å². The number of rotatable bonds is 13. The molecule has 1 aromatic rings. The quantitative estimate of drug-likeness (QED) is 0.339. The van der Waals surface area contributed by atoms with Gasteiger partial charge in [0.15, 0.2) is 11.5 Å². The summed E-state index contributed by atoms with van der Waals surface area (Å²) in [6.45, 7) is 3.19. The molecule has 1 fully saturated rings. The van der Waals surface area contributed by atoms with Crippen LogP contribution in [0.3, 0.4) is 0 Å². The zero-order valence-corrected chi connectivity index (χ0v) is 19.1. The Labute approximate surface area is 186 Å². The maximum absolute atomic E-state index is 15.2. The van der Waals surface area contributed by atoms with Crippen molar-refractivity contribution in [1.82, 2.24) is 0 Å². The number of fused-ring (bicyclic) bond motifs is 1. The fraction of sp³-hybridized carbons (Fsp3) is 0.731. The van der Waals surface area contributed by atoms with Gasteiger partial charge in [0, 0.05) is 17.4 Å². The lowest BCUT2D eigenvalue weighted by Crippen LogP contribution is -2.28. The summed E-state index contributed by atoms with van der Waals surface area (Å²) in [4.78, 5) is 10.7. The Morgan fingerprint density at radius 3 is 2.71 bits per heavy atom. The number of hydrogen-bond donors (Lipinski definition) is 1. The van der Waals surface area contributed by atoms with Gasteiger partial charge in [-0.05, 0) is 44.1 Å². The van der Waals surface area contributed by atoms with E-state index in [1.165, 1.54) is 38.5 Å². The summed E-state index contributed by atoms with van der Waals surface area (Å²) < 4.78 is 26.8. The first kappa shape index (κ1) is 23.9. The zero-order chi connectivity index (χ0) is 22.1. The van der Waals surface area contributed by atoms with Gasteiger partial charge in [-0.25, -0.2) is 0 Å². The molecule has 0 amide bonds. The molecule has 0 spiro atoms. The third-order valence-corrected chi connectivity index (χ3v) is 7.14. The van der Waals surface area contributed by atoms with E-state index in [9.17, 15) is 4.79 Å². The number of carbonyl (C=O) groups is 1. The summed E-state index contributed by atoms with van der Waals surface area (Å²) in [5.41, 5.74) is 0.785. The molecule has 0 aromatic heterocycles. The molecule has 0 saturated heterocycles. The molecule has 1 aromatic carbocycles. The molecule has 1 unspecified atom stereocenters. The molecule has 5 heteroatoms. The normalized spacial score (nSPS) is 21.0. The molecule has 1 aliphatic carbocycles. The largest absolute Gasteiger partial charge is 0.490 e. The van der Waals surface area contributed by atoms with E-state index in [1.54, 1.807) is 6.07 Å². The Bertz CT molecular complexity index is 714. The van der Waals surface area contributed by atoms with Crippen molar-refractivity contribution in [1.29, 1.82) is 0 Å². The summed E-state index contributed by atoms with van der Waals surface area (Å²) in [5, 5.41) is 8.82. The molecule has 1 heterocycles. The van der Waals surface area contributed by atoms with E-state index in [0.717, 1.165) is 50.0 Å². The van der Waals surface area contributed by atoms with Crippen LogP contribution in [0.4, 0.5) is 4.39 Å². The molecule has 31 heavy (non-hydrogen) atoms. The minimum Gasteiger partial charge on any atom is -0.490 e. The Morgan fingerprint density at radius 2 is 1.97 bits per heavy atom. The fourth-order valence-corrected chi connectivity index (χ4v) is 5.46. The van der Waals surface area contributed by atoms with Crippen LogP contribution in [0.15, 0.2) is 12.1 Å². The van der Waals surface area contributed by atoms with Crippen LogP contribution in [0, 0.1) is 11.7 Å². The number of benzene rings is 1. The lowest BCUT2D eigenvalue weighted by Gasteiger charge is -2.28. The van der Waals surface area contributed by atoms with Crippen molar-refractivity contribution >= 4 is 5.97 Å². The summed E-state index contributed by atoms with van der Waals surface area (Å²) in [6.07, 6.45) is 14.4. The number of carboxylic acids is 1. The molecule has 0 bridgehead atoms. The molecule has 2 aliphatic rings. The first-order valence-corrected chi connectivity index (χ1v) is 12.4. The Balaban J connectivity index is 1.56. The minimum atomic E-state index is -0.744. The van der Waals surface area contributed by atoms with E-state index in [-0.39, 0.29) is 17.7 Å². The van der Waals surface area contributed by atoms with Gasteiger partial charge in [-0.2, -0.15) is 4.39 Å². The monoisotopic (exact) mass is 434 g/mol. The van der Waals surface area contributed by atoms with Gasteiger partial charge in [0.1, 0.15) is 0 Å². The van der Waals surface area contributed by atoms with Gasteiger partial charge in [-0.1, -0.05) is 64.4 Å². The molecule has 1 aliphatic heterocycles. The first-order chi connectivity index (χ1) is 15.1. The molecule has 174 valence electrons. The van der Waals surface area contributed by atoms with Crippen molar-refractivity contribution in [3.63, 3.8) is 0 Å². The predicted molar refractivity (Wildman–Crippen MR) is 121 cm³/mol. The molecule has 1 saturated carbocycles. The van der Waals surface area contributed by atoms with Crippen LogP contribution >= 0.6 is 0 Å². The lowest BCUT2D eigenvalue weighted by atomic mass is 9.74. The summed E-state index contributed by atoms with van der Waals surface area (Å²) >= 11 is 0. The zero-order valence-electron chi connectivity index (χ0n) is 19.1. The van der Waals surface area contributed by atoms with E-state index in [2.05, 4.69) is 6.92 Å². The van der Waals surface area contributed by atoms with Gasteiger partial charge in [0.05, 0.1) is 13.2 Å². The van der Waals surface area contributed by atoms with E-state index >= 15 is 4.39 Å². The molecule has 1 N–H and O–H groups in total. The number of ether oxygens (including phenoxy) is 2. The van der Waals surface area contributed by atoms with Crippen LogP contribution in [-0.4, -0.2) is 24.3 Å². The Kier molecular flexibility index (Phi) is 9.03. The fourth-order valence-electron chi connectivity index (χ4n) is 5.46. The van der Waals surface area contributed by atoms with Gasteiger partial charge in [0.2, 0.25) is 5.82 Å². The van der Waals surface area contributed by atoms with E-state index < -0.39 is 5.97 Å². The Hall–Kier alpha value is -1.78. The number of hydrogen-bond acceptors (Lipinski definition) is 3. The molecule has 4 nitrogen and oxygen atoms in total. The molecule has 1 atom stereocenters. The highest BCUT2D eigenvalue weighted by Crippen LogP contribution is 2.48. The van der Waals surface area contributed by atoms with Gasteiger partial charge in [0.25, 0.3) is 0 Å². The average molecular weight is 435 g/mol. The number of aliphatic carboxylic acids is 1. The Morgan fingerprint density at radius 1 is 1.16 bits per heavy atom. The highest BCUT2D eigenvalue weighted by molar-refractivity contribution is 5.66. The van der Waals surface area contributed by atoms with Gasteiger partial charge in [-0.15, -0.1) is 0 Å². The van der Waals surface area contributed by atoms with Crippen molar-refractivity contribution < 1.29 is 23.8 Å². The SMILES string of the molecule is CCCC1(CCCCCC(=O)O)COc2c1ccc(OCCCC1CCCCC1)c2F. The highest BCUT2D eigenvalue weighted by atomic mass is 19.1. The molecule has 3 rings (SSSR count). The smallest absolute Gasteiger partial charge is 0.303 e. The van der Waals surface area contributed by atoms with Crippen LogP contribution in [0.1, 0.15) is 102 Å². The number of carboxylic acid groups (broad SMARTS) is 1. The van der Waals surface area contributed by atoms with Crippen LogP contribution in [0.5, 0.6) is 11.5 Å². The summed E-state index contributed by atoms with van der Waals surface area (Å²) in [5.74, 6) is 0.376. The van der Waals surface area contributed by atoms with Crippen molar-refractivity contribution in [3.8, 4) is 11.5 Å². The minimum absolute atomic E-state index is 0.173. The average Bonchev–Trinajstić information content (AvgIpc) is 3.12. The van der Waals surface area contributed by atoms with Gasteiger partial charge in [-0.3, -0.25) is 4.79 Å². The van der Waals surface area contributed by atoms with Crippen molar-refractivity contribution in [2.75, 3.05) is 13.2 Å². The maximum Gasteiger partial charge on any atom is 0.303 e. The lowest BCUT2D eigenvalue weighted by molar-refractivity contribution is -0.137. The second-order valence-electron chi connectivity index (χ2n) is 9.52. The first-order valence-electron chi connectivity index (χ1n) is 12.4. The van der Waals surface area contributed by atoms with Gasteiger partial charge >= 0.3 is 5.97 Å². The van der Waals surface area contributed by atoms with E-state index in [4.69, 9.17) is 14.6 Å². The topological polar surface area (TPSA) is 55.8 Å². The van der Waals surface area contributed by atoms with Crippen LogP contribution in [-0.2, 0) is 10.2 Å². The molecule has 0 radical (unpaired) electrons. The van der Waals surface area contributed by atoms with Crippen molar-refractivity contribution in [3.05, 3.63) is 23.5 Å². The highest BCUT2D eigenvalue weighted by Gasteiger charge is 2.41. The van der Waals surface area contributed by atoms with E-state index in [0.29, 0.717) is 31.1 Å². The van der Waals surface area contributed by atoms with Crippen LogP contribution < -0.4 is 9.47 Å². The van der Waals surface area contributed by atoms with E-state index in [1.807, 2.05) is 6.07 Å². The van der Waals surface area contributed by atoms with Crippen molar-refractivity contribution in [2.45, 2.75) is 102 Å². The summed E-state index contributed by atoms with van der Waals surface area (Å²) in [6, 6.07) is 3.77. The third kappa shape index (κ3) is 6.36. The number of unbranched alkanes of at least 4 members (excludes halogenated alkanes) is 2. The second kappa shape index (κ2) is 11.7. The predicted octanol–water partition coefficient (Wildman–Crippen LogP) is 7.03. The van der Waals surface area contributed by atoms with Crippen LogP contribution in [0.2, 0.25) is 0 Å². The molecular formula is C26H39FO4. The second-order valence-corrected chi connectivity index (χ2v) is 9.52. The van der Waals surface area contributed by atoms with Crippen molar-refractivity contribution in [2.24, 2.45) is 5.92 Å². The third-order valence-electron chi connectivity index (χ3n) is 7.14. The molecular weight excluding hydrogens is 395 g/mol. The van der Waals surface area contributed by atoms with Crippen LogP contribution in [0.25, 0.3) is 0 Å². The number of halogens is 1. The standard InChI is InChI=1S/C26H39FO4/c1-2-16-26(17-8-4-7-13-23(28)29)19-31-25-21(26)14-15-22(24(25)27)30-18-9-12-20-10-5-3-6-11-20/h14-15,20H,2-13,16-19H2,1H3,(H,28,29). The maximum atomic E-state index is 15.2.